The maximum atomic E-state index is 9.36. The van der Waals surface area contributed by atoms with Gasteiger partial charge in [-0.1, -0.05) is 13.8 Å². The van der Waals surface area contributed by atoms with Gasteiger partial charge in [-0.3, -0.25) is 9.80 Å². The molecule has 0 aromatic rings. The van der Waals surface area contributed by atoms with Crippen LogP contribution in [0.4, 0.5) is 0 Å². The van der Waals surface area contributed by atoms with Gasteiger partial charge in [0.15, 0.2) is 0 Å². The van der Waals surface area contributed by atoms with Crippen LogP contribution < -0.4 is 5.32 Å². The Balaban J connectivity index is 2.25. The lowest BCUT2D eigenvalue weighted by Gasteiger charge is -2.39. The van der Waals surface area contributed by atoms with E-state index in [0.717, 1.165) is 32.6 Å². The molecule has 1 rings (SSSR count). The highest BCUT2D eigenvalue weighted by Gasteiger charge is 2.21. The van der Waals surface area contributed by atoms with Gasteiger partial charge in [0.2, 0.25) is 0 Å². The summed E-state index contributed by atoms with van der Waals surface area (Å²) < 4.78 is 0. The van der Waals surface area contributed by atoms with Gasteiger partial charge in [-0.25, -0.2) is 0 Å². The molecular weight excluding hydrogens is 226 g/mol. The van der Waals surface area contributed by atoms with E-state index >= 15 is 0 Å². The summed E-state index contributed by atoms with van der Waals surface area (Å²) in [6, 6.07) is 0.944. The molecule has 0 saturated carbocycles. The second-order valence-corrected chi connectivity index (χ2v) is 5.43. The lowest BCUT2D eigenvalue weighted by Crippen LogP contribution is -2.53. The van der Waals surface area contributed by atoms with E-state index < -0.39 is 0 Å². The Morgan fingerprint density at radius 1 is 1.17 bits per heavy atom. The van der Waals surface area contributed by atoms with Crippen LogP contribution in [0.25, 0.3) is 0 Å². The predicted molar refractivity (Wildman–Crippen MR) is 76.9 cm³/mol. The van der Waals surface area contributed by atoms with Crippen molar-refractivity contribution >= 4 is 0 Å². The van der Waals surface area contributed by atoms with Crippen LogP contribution in [-0.2, 0) is 0 Å². The van der Waals surface area contributed by atoms with Crippen LogP contribution in [0, 0.1) is 0 Å². The standard InChI is InChI=1S/C14H31N3O/c1-4-6-15-14(12-18)11-16-7-9-17(10-8-16)13(3)5-2/h13-15,18H,4-12H2,1-3H3. The molecule has 0 radical (unpaired) electrons. The van der Waals surface area contributed by atoms with Gasteiger partial charge >= 0.3 is 0 Å². The number of hydrogen-bond donors (Lipinski definition) is 2. The van der Waals surface area contributed by atoms with E-state index in [1.54, 1.807) is 0 Å². The number of nitrogens with one attached hydrogen (secondary N) is 1. The van der Waals surface area contributed by atoms with Crippen LogP contribution in [0.1, 0.15) is 33.6 Å². The molecule has 4 nitrogen and oxygen atoms in total. The Morgan fingerprint density at radius 3 is 2.33 bits per heavy atom. The first-order valence-electron chi connectivity index (χ1n) is 7.51. The molecule has 2 atom stereocenters. The molecule has 1 aliphatic rings. The molecule has 1 heterocycles. The molecule has 1 aliphatic heterocycles. The molecule has 0 amide bonds. The second kappa shape index (κ2) is 8.86. The third-order valence-corrected chi connectivity index (χ3v) is 4.00. The van der Waals surface area contributed by atoms with Crippen molar-refractivity contribution in [3.63, 3.8) is 0 Å². The van der Waals surface area contributed by atoms with Crippen LogP contribution in [0.2, 0.25) is 0 Å². The summed E-state index contributed by atoms with van der Waals surface area (Å²) in [7, 11) is 0. The molecule has 1 saturated heterocycles. The van der Waals surface area contributed by atoms with E-state index in [9.17, 15) is 5.11 Å². The molecule has 0 aliphatic carbocycles. The highest BCUT2D eigenvalue weighted by atomic mass is 16.3. The van der Waals surface area contributed by atoms with Gasteiger partial charge in [0.25, 0.3) is 0 Å². The lowest BCUT2D eigenvalue weighted by molar-refractivity contribution is 0.0862. The molecule has 108 valence electrons. The lowest BCUT2D eigenvalue weighted by atomic mass is 10.1. The molecule has 0 aromatic carbocycles. The number of nitrogens with zero attached hydrogens (tertiary/aromatic N) is 2. The molecular formula is C14H31N3O. The minimum atomic E-state index is 0.236. The van der Waals surface area contributed by atoms with Crippen molar-refractivity contribution in [2.45, 2.75) is 45.7 Å². The first kappa shape index (κ1) is 15.9. The van der Waals surface area contributed by atoms with Crippen molar-refractivity contribution < 1.29 is 5.11 Å². The summed E-state index contributed by atoms with van der Waals surface area (Å²) in [4.78, 5) is 5.05. The first-order valence-corrected chi connectivity index (χ1v) is 7.51. The summed E-state index contributed by atoms with van der Waals surface area (Å²) in [5.41, 5.74) is 0. The Labute approximate surface area is 112 Å². The van der Waals surface area contributed by atoms with Crippen molar-refractivity contribution in [1.82, 2.24) is 15.1 Å². The third kappa shape index (κ3) is 5.22. The minimum absolute atomic E-state index is 0.236. The number of hydrogen-bond acceptors (Lipinski definition) is 4. The van der Waals surface area contributed by atoms with E-state index in [1.807, 2.05) is 0 Å². The van der Waals surface area contributed by atoms with Crippen molar-refractivity contribution in [2.75, 3.05) is 45.9 Å². The maximum Gasteiger partial charge on any atom is 0.0597 e. The maximum absolute atomic E-state index is 9.36. The molecule has 18 heavy (non-hydrogen) atoms. The van der Waals surface area contributed by atoms with Crippen molar-refractivity contribution in [2.24, 2.45) is 0 Å². The summed E-state index contributed by atoms with van der Waals surface area (Å²) in [5.74, 6) is 0. The summed E-state index contributed by atoms with van der Waals surface area (Å²) in [6.45, 7) is 13.6. The number of rotatable bonds is 8. The van der Waals surface area contributed by atoms with E-state index in [2.05, 4.69) is 35.9 Å². The van der Waals surface area contributed by atoms with Crippen LogP contribution in [-0.4, -0.2) is 72.9 Å². The zero-order valence-electron chi connectivity index (χ0n) is 12.4. The average Bonchev–Trinajstić information content (AvgIpc) is 2.43. The molecule has 4 heteroatoms. The van der Waals surface area contributed by atoms with E-state index in [0.29, 0.717) is 6.04 Å². The van der Waals surface area contributed by atoms with Gasteiger partial charge < -0.3 is 10.4 Å². The van der Waals surface area contributed by atoms with Crippen LogP contribution >= 0.6 is 0 Å². The van der Waals surface area contributed by atoms with Crippen molar-refractivity contribution in [1.29, 1.82) is 0 Å². The Hall–Kier alpha value is -0.160. The minimum Gasteiger partial charge on any atom is -0.395 e. The molecule has 0 spiro atoms. The molecule has 0 aromatic heterocycles. The van der Waals surface area contributed by atoms with E-state index in [-0.39, 0.29) is 12.6 Å². The fourth-order valence-corrected chi connectivity index (χ4v) is 2.49. The summed E-state index contributed by atoms with van der Waals surface area (Å²) in [6.07, 6.45) is 2.36. The molecule has 1 fully saturated rings. The quantitative estimate of drug-likeness (QED) is 0.673. The zero-order chi connectivity index (χ0) is 13.4. The van der Waals surface area contributed by atoms with Crippen molar-refractivity contribution in [3.05, 3.63) is 0 Å². The van der Waals surface area contributed by atoms with Crippen LogP contribution in [0.3, 0.4) is 0 Å². The average molecular weight is 257 g/mol. The fourth-order valence-electron chi connectivity index (χ4n) is 2.49. The Morgan fingerprint density at radius 2 is 1.83 bits per heavy atom. The zero-order valence-corrected chi connectivity index (χ0v) is 12.4. The first-order chi connectivity index (χ1) is 8.71. The topological polar surface area (TPSA) is 38.7 Å². The van der Waals surface area contributed by atoms with Crippen molar-refractivity contribution in [3.8, 4) is 0 Å². The number of aliphatic hydroxyl groups excluding tert-OH is 1. The largest absolute Gasteiger partial charge is 0.395 e. The SMILES string of the molecule is CCCNC(CO)CN1CCN(C(C)CC)CC1. The van der Waals surface area contributed by atoms with Gasteiger partial charge in [0.05, 0.1) is 6.61 Å². The summed E-state index contributed by atoms with van der Waals surface area (Å²) >= 11 is 0. The highest BCUT2D eigenvalue weighted by molar-refractivity contribution is 4.79. The van der Waals surface area contributed by atoms with E-state index in [4.69, 9.17) is 0 Å². The highest BCUT2D eigenvalue weighted by Crippen LogP contribution is 2.08. The van der Waals surface area contributed by atoms with Gasteiger partial charge in [0.1, 0.15) is 0 Å². The fraction of sp³-hybridized carbons (Fsp3) is 1.00. The van der Waals surface area contributed by atoms with Crippen LogP contribution in [0.5, 0.6) is 0 Å². The van der Waals surface area contributed by atoms with Gasteiger partial charge in [-0.05, 0) is 26.3 Å². The summed E-state index contributed by atoms with van der Waals surface area (Å²) in [5, 5.41) is 12.8. The monoisotopic (exact) mass is 257 g/mol. The van der Waals surface area contributed by atoms with Gasteiger partial charge in [-0.15, -0.1) is 0 Å². The molecule has 0 bridgehead atoms. The normalized spacial score (nSPS) is 22.0. The number of piperazine rings is 1. The molecule has 2 unspecified atom stereocenters. The Bertz CT molecular complexity index is 205. The van der Waals surface area contributed by atoms with Gasteiger partial charge in [-0.2, -0.15) is 0 Å². The smallest absolute Gasteiger partial charge is 0.0597 e. The molecule has 2 N–H and O–H groups in total. The number of aliphatic hydroxyl groups is 1. The third-order valence-electron chi connectivity index (χ3n) is 4.00. The second-order valence-electron chi connectivity index (χ2n) is 5.43. The van der Waals surface area contributed by atoms with Gasteiger partial charge in [0, 0.05) is 44.8 Å². The Kier molecular flexibility index (Phi) is 7.82. The van der Waals surface area contributed by atoms with E-state index in [1.165, 1.54) is 19.5 Å². The van der Waals surface area contributed by atoms with Crippen LogP contribution in [0.15, 0.2) is 0 Å². The predicted octanol–water partition coefficient (Wildman–Crippen LogP) is 0.763.